The van der Waals surface area contributed by atoms with E-state index in [4.69, 9.17) is 4.74 Å². The predicted octanol–water partition coefficient (Wildman–Crippen LogP) is 4.26. The summed E-state index contributed by atoms with van der Waals surface area (Å²) in [5.41, 5.74) is 1.34. The Morgan fingerprint density at radius 3 is 2.79 bits per heavy atom. The van der Waals surface area contributed by atoms with Gasteiger partial charge in [-0.15, -0.1) is 11.3 Å². The van der Waals surface area contributed by atoms with E-state index in [0.29, 0.717) is 0 Å². The summed E-state index contributed by atoms with van der Waals surface area (Å²) in [5, 5.41) is 10.4. The minimum atomic E-state index is -0.327. The van der Waals surface area contributed by atoms with E-state index in [-0.39, 0.29) is 11.7 Å². The summed E-state index contributed by atoms with van der Waals surface area (Å²) >= 11 is 1.82. The van der Waals surface area contributed by atoms with Gasteiger partial charge in [0, 0.05) is 16.9 Å². The quantitative estimate of drug-likeness (QED) is 0.818. The first-order valence-corrected chi connectivity index (χ1v) is 8.18. The number of aliphatic hydroxyl groups excluding tert-OH is 1. The fourth-order valence-corrected chi connectivity index (χ4v) is 3.86. The van der Waals surface area contributed by atoms with E-state index in [1.165, 1.54) is 42.5 Å². The molecule has 0 fully saturated rings. The average molecular weight is 282 g/mol. The predicted molar refractivity (Wildman–Crippen MR) is 80.9 cm³/mol. The van der Waals surface area contributed by atoms with Crippen LogP contribution in [0.2, 0.25) is 0 Å². The van der Waals surface area contributed by atoms with E-state index in [0.717, 1.165) is 17.7 Å². The number of hydrogen-bond donors (Lipinski definition) is 1. The normalized spacial score (nSPS) is 17.9. The standard InChI is InChI=1S/C16H26O2S/c1-16(2,18-3)10-9-13(17)15-11-12-7-5-4-6-8-14(12)19-15/h11,13,17H,4-10H2,1-3H3. The molecule has 0 aromatic carbocycles. The molecule has 0 bridgehead atoms. The highest BCUT2D eigenvalue weighted by Crippen LogP contribution is 2.34. The van der Waals surface area contributed by atoms with Gasteiger partial charge in [0.25, 0.3) is 0 Å². The van der Waals surface area contributed by atoms with Crippen LogP contribution in [0.15, 0.2) is 6.07 Å². The molecule has 0 saturated heterocycles. The molecule has 1 aliphatic rings. The second-order valence-corrected chi connectivity index (χ2v) is 7.34. The van der Waals surface area contributed by atoms with Gasteiger partial charge in [-0.25, -0.2) is 0 Å². The van der Waals surface area contributed by atoms with E-state index in [2.05, 4.69) is 19.9 Å². The van der Waals surface area contributed by atoms with Gasteiger partial charge in [0.1, 0.15) is 0 Å². The fourth-order valence-electron chi connectivity index (χ4n) is 2.58. The number of methoxy groups -OCH3 is 1. The molecule has 1 aliphatic carbocycles. The Kier molecular flexibility index (Phi) is 5.04. The van der Waals surface area contributed by atoms with Crippen LogP contribution >= 0.6 is 11.3 Å². The number of aryl methyl sites for hydroxylation is 2. The Hall–Kier alpha value is -0.380. The molecule has 1 atom stereocenters. The summed E-state index contributed by atoms with van der Waals surface area (Å²) in [6.07, 6.45) is 7.69. The summed E-state index contributed by atoms with van der Waals surface area (Å²) in [7, 11) is 1.74. The molecule has 1 heterocycles. The lowest BCUT2D eigenvalue weighted by Crippen LogP contribution is -2.22. The molecular weight excluding hydrogens is 256 g/mol. The molecule has 0 aliphatic heterocycles. The van der Waals surface area contributed by atoms with E-state index in [1.54, 1.807) is 7.11 Å². The number of ether oxygens (including phenoxy) is 1. The van der Waals surface area contributed by atoms with Crippen molar-refractivity contribution >= 4 is 11.3 Å². The second-order valence-electron chi connectivity index (χ2n) is 6.18. The molecule has 0 radical (unpaired) electrons. The second kappa shape index (κ2) is 6.38. The summed E-state index contributed by atoms with van der Waals surface area (Å²) in [6.45, 7) is 4.15. The topological polar surface area (TPSA) is 29.5 Å². The number of aliphatic hydroxyl groups is 1. The Morgan fingerprint density at radius 1 is 1.32 bits per heavy atom. The third-order valence-corrected chi connectivity index (χ3v) is 5.50. The van der Waals surface area contributed by atoms with Gasteiger partial charge in [0.15, 0.2) is 0 Å². The third-order valence-electron chi connectivity index (χ3n) is 4.17. The first-order valence-electron chi connectivity index (χ1n) is 7.36. The van der Waals surface area contributed by atoms with Crippen molar-refractivity contribution < 1.29 is 9.84 Å². The van der Waals surface area contributed by atoms with Gasteiger partial charge in [0.2, 0.25) is 0 Å². The molecule has 19 heavy (non-hydrogen) atoms. The monoisotopic (exact) mass is 282 g/mol. The first-order chi connectivity index (χ1) is 9.02. The van der Waals surface area contributed by atoms with Gasteiger partial charge in [0.05, 0.1) is 11.7 Å². The van der Waals surface area contributed by atoms with Crippen molar-refractivity contribution in [2.75, 3.05) is 7.11 Å². The van der Waals surface area contributed by atoms with Crippen LogP contribution in [0.3, 0.4) is 0 Å². The molecule has 2 nitrogen and oxygen atoms in total. The summed E-state index contributed by atoms with van der Waals surface area (Å²) in [5.74, 6) is 0. The van der Waals surface area contributed by atoms with Crippen LogP contribution in [0.4, 0.5) is 0 Å². The van der Waals surface area contributed by atoms with Gasteiger partial charge in [-0.1, -0.05) is 6.42 Å². The lowest BCUT2D eigenvalue weighted by atomic mass is 9.99. The number of rotatable bonds is 5. The molecule has 108 valence electrons. The minimum Gasteiger partial charge on any atom is -0.388 e. The molecule has 1 aromatic heterocycles. The third kappa shape index (κ3) is 4.04. The van der Waals surface area contributed by atoms with Crippen LogP contribution in [-0.4, -0.2) is 17.8 Å². The molecule has 2 rings (SSSR count). The van der Waals surface area contributed by atoms with Crippen LogP contribution < -0.4 is 0 Å². The highest BCUT2D eigenvalue weighted by molar-refractivity contribution is 7.12. The van der Waals surface area contributed by atoms with E-state index < -0.39 is 0 Å². The van der Waals surface area contributed by atoms with Gasteiger partial charge in [-0.3, -0.25) is 0 Å². The number of thiophene rings is 1. The molecule has 0 amide bonds. The van der Waals surface area contributed by atoms with Crippen molar-refractivity contribution in [3.8, 4) is 0 Å². The van der Waals surface area contributed by atoms with Crippen LogP contribution in [0.25, 0.3) is 0 Å². The molecular formula is C16H26O2S. The smallest absolute Gasteiger partial charge is 0.0883 e. The van der Waals surface area contributed by atoms with Gasteiger partial charge in [-0.2, -0.15) is 0 Å². The Bertz CT molecular complexity index is 385. The zero-order valence-corrected chi connectivity index (χ0v) is 13.2. The maximum atomic E-state index is 10.4. The van der Waals surface area contributed by atoms with Crippen LogP contribution in [0.1, 0.15) is 67.4 Å². The summed E-state index contributed by atoms with van der Waals surface area (Å²) in [4.78, 5) is 2.66. The molecule has 3 heteroatoms. The van der Waals surface area contributed by atoms with E-state index in [1.807, 2.05) is 11.3 Å². The lowest BCUT2D eigenvalue weighted by Gasteiger charge is -2.23. The fraction of sp³-hybridized carbons (Fsp3) is 0.750. The van der Waals surface area contributed by atoms with Crippen LogP contribution in [0.5, 0.6) is 0 Å². The first kappa shape index (κ1) is 15.0. The Morgan fingerprint density at radius 2 is 2.05 bits per heavy atom. The highest BCUT2D eigenvalue weighted by Gasteiger charge is 2.21. The van der Waals surface area contributed by atoms with Crippen molar-refractivity contribution in [1.29, 1.82) is 0 Å². The molecule has 1 N–H and O–H groups in total. The molecule has 1 unspecified atom stereocenters. The minimum absolute atomic E-state index is 0.144. The van der Waals surface area contributed by atoms with Gasteiger partial charge >= 0.3 is 0 Å². The molecule has 0 spiro atoms. The van der Waals surface area contributed by atoms with Crippen LogP contribution in [-0.2, 0) is 17.6 Å². The average Bonchev–Trinajstić information content (AvgIpc) is 2.68. The van der Waals surface area contributed by atoms with Crippen molar-refractivity contribution in [1.82, 2.24) is 0 Å². The molecule has 1 aromatic rings. The van der Waals surface area contributed by atoms with Crippen molar-refractivity contribution in [3.63, 3.8) is 0 Å². The maximum absolute atomic E-state index is 10.4. The van der Waals surface area contributed by atoms with Crippen molar-refractivity contribution in [2.45, 2.75) is 70.5 Å². The Labute approximate surface area is 120 Å². The number of hydrogen-bond acceptors (Lipinski definition) is 3. The maximum Gasteiger partial charge on any atom is 0.0883 e. The SMILES string of the molecule is COC(C)(C)CCC(O)c1cc2c(s1)CCCCC2. The zero-order valence-electron chi connectivity index (χ0n) is 12.4. The summed E-state index contributed by atoms with van der Waals surface area (Å²) in [6, 6.07) is 2.25. The summed E-state index contributed by atoms with van der Waals surface area (Å²) < 4.78 is 5.41. The van der Waals surface area contributed by atoms with Gasteiger partial charge in [-0.05, 0) is 64.0 Å². The Balaban J connectivity index is 1.98. The zero-order chi connectivity index (χ0) is 13.9. The van der Waals surface area contributed by atoms with E-state index >= 15 is 0 Å². The van der Waals surface area contributed by atoms with E-state index in [9.17, 15) is 5.11 Å². The highest BCUT2D eigenvalue weighted by atomic mass is 32.1. The van der Waals surface area contributed by atoms with Crippen LogP contribution in [0, 0.1) is 0 Å². The number of fused-ring (bicyclic) bond motifs is 1. The van der Waals surface area contributed by atoms with Gasteiger partial charge < -0.3 is 9.84 Å². The molecule has 0 saturated carbocycles. The van der Waals surface area contributed by atoms with Crippen molar-refractivity contribution in [3.05, 3.63) is 21.4 Å². The lowest BCUT2D eigenvalue weighted by molar-refractivity contribution is 0.00309. The largest absolute Gasteiger partial charge is 0.388 e. The van der Waals surface area contributed by atoms with Crippen molar-refractivity contribution in [2.24, 2.45) is 0 Å².